The molecule has 2 aromatic carbocycles. The van der Waals surface area contributed by atoms with E-state index in [-0.39, 0.29) is 0 Å². The molecule has 0 unspecified atom stereocenters. The van der Waals surface area contributed by atoms with Crippen molar-refractivity contribution >= 4 is 35.0 Å². The van der Waals surface area contributed by atoms with Gasteiger partial charge in [0.25, 0.3) is 0 Å². The highest BCUT2D eigenvalue weighted by atomic mass is 16.2. The quantitative estimate of drug-likeness (QED) is 0.709. The average Bonchev–Trinajstić information content (AvgIpc) is 3.26. The second-order valence-corrected chi connectivity index (χ2v) is 7.41. The van der Waals surface area contributed by atoms with E-state index >= 15 is 0 Å². The fourth-order valence-electron chi connectivity index (χ4n) is 4.25. The summed E-state index contributed by atoms with van der Waals surface area (Å²) in [4.78, 5) is 53.5. The van der Waals surface area contributed by atoms with Gasteiger partial charge >= 0.3 is 0 Å². The number of imide groups is 2. The highest BCUT2D eigenvalue weighted by Crippen LogP contribution is 2.47. The SMILES string of the molecule is N#CC(C#N)([C@@H]1CC(=O)N(c2ccccc2)C1=O)[C@H]1CC(=O)N(c2ccccc2)C1=O. The first-order valence-electron chi connectivity index (χ1n) is 9.61. The molecule has 0 aromatic heterocycles. The van der Waals surface area contributed by atoms with Crippen LogP contribution in [-0.2, 0) is 19.2 Å². The number of carbonyl (C=O) groups excluding carboxylic acids is 4. The number of anilines is 2. The maximum atomic E-state index is 13.2. The molecule has 2 heterocycles. The lowest BCUT2D eigenvalue weighted by atomic mass is 9.67. The molecule has 2 aromatic rings. The Balaban J connectivity index is 1.72. The van der Waals surface area contributed by atoms with Crippen LogP contribution in [0, 0.1) is 39.9 Å². The molecule has 2 fully saturated rings. The molecular weight excluding hydrogens is 396 g/mol. The van der Waals surface area contributed by atoms with Crippen LogP contribution in [0.5, 0.6) is 0 Å². The summed E-state index contributed by atoms with van der Waals surface area (Å²) in [5.41, 5.74) is -1.50. The van der Waals surface area contributed by atoms with Crippen LogP contribution in [0.4, 0.5) is 11.4 Å². The lowest BCUT2D eigenvalue weighted by molar-refractivity contribution is -0.126. The van der Waals surface area contributed by atoms with Gasteiger partial charge in [-0.1, -0.05) is 36.4 Å². The third-order valence-corrected chi connectivity index (χ3v) is 5.79. The first-order chi connectivity index (χ1) is 14.9. The molecular formula is C23H16N4O4. The summed E-state index contributed by atoms with van der Waals surface area (Å²) in [6, 6.07) is 20.0. The maximum absolute atomic E-state index is 13.2. The Morgan fingerprint density at radius 1 is 0.677 bits per heavy atom. The smallest absolute Gasteiger partial charge is 0.240 e. The van der Waals surface area contributed by atoms with Gasteiger partial charge < -0.3 is 0 Å². The zero-order valence-corrected chi connectivity index (χ0v) is 16.3. The van der Waals surface area contributed by atoms with Gasteiger partial charge in [0.2, 0.25) is 23.6 Å². The summed E-state index contributed by atoms with van der Waals surface area (Å²) >= 11 is 0. The van der Waals surface area contributed by atoms with E-state index in [2.05, 4.69) is 0 Å². The molecule has 8 nitrogen and oxygen atoms in total. The number of para-hydroxylation sites is 2. The van der Waals surface area contributed by atoms with Crippen molar-refractivity contribution in [2.45, 2.75) is 12.8 Å². The topological polar surface area (TPSA) is 122 Å². The van der Waals surface area contributed by atoms with E-state index in [4.69, 9.17) is 0 Å². The van der Waals surface area contributed by atoms with Gasteiger partial charge in [-0.15, -0.1) is 0 Å². The molecule has 0 bridgehead atoms. The van der Waals surface area contributed by atoms with Crippen LogP contribution in [-0.4, -0.2) is 23.6 Å². The van der Waals surface area contributed by atoms with Gasteiger partial charge in [0.1, 0.15) is 0 Å². The Morgan fingerprint density at radius 3 is 1.35 bits per heavy atom. The molecule has 2 atom stereocenters. The van der Waals surface area contributed by atoms with Gasteiger partial charge in [-0.2, -0.15) is 10.5 Å². The van der Waals surface area contributed by atoms with Crippen molar-refractivity contribution in [3.05, 3.63) is 60.7 Å². The third kappa shape index (κ3) is 2.97. The summed E-state index contributed by atoms with van der Waals surface area (Å²) < 4.78 is 0. The summed E-state index contributed by atoms with van der Waals surface area (Å²) in [6.07, 6.45) is -0.781. The number of amides is 4. The van der Waals surface area contributed by atoms with E-state index < -0.39 is 53.7 Å². The number of hydrogen-bond donors (Lipinski definition) is 0. The predicted octanol–water partition coefficient (Wildman–Crippen LogP) is 2.18. The van der Waals surface area contributed by atoms with Gasteiger partial charge in [0.15, 0.2) is 5.41 Å². The number of benzene rings is 2. The zero-order valence-electron chi connectivity index (χ0n) is 16.3. The molecule has 31 heavy (non-hydrogen) atoms. The van der Waals surface area contributed by atoms with Crippen LogP contribution in [0.3, 0.4) is 0 Å². The van der Waals surface area contributed by atoms with Gasteiger partial charge in [-0.05, 0) is 24.3 Å². The molecule has 0 aliphatic carbocycles. The van der Waals surface area contributed by atoms with E-state index in [9.17, 15) is 29.7 Å². The highest BCUT2D eigenvalue weighted by molar-refractivity contribution is 6.23. The number of nitrogens with zero attached hydrogens (tertiary/aromatic N) is 4. The Morgan fingerprint density at radius 2 is 1.03 bits per heavy atom. The van der Waals surface area contributed by atoms with Crippen LogP contribution in [0.2, 0.25) is 0 Å². The summed E-state index contributed by atoms with van der Waals surface area (Å²) in [5, 5.41) is 20.0. The van der Waals surface area contributed by atoms with Crippen molar-refractivity contribution in [2.24, 2.45) is 17.3 Å². The first-order valence-corrected chi connectivity index (χ1v) is 9.61. The number of rotatable bonds is 4. The van der Waals surface area contributed by atoms with Crippen molar-refractivity contribution in [2.75, 3.05) is 9.80 Å². The Labute approximate surface area is 177 Å². The van der Waals surface area contributed by atoms with E-state index in [1.54, 1.807) is 60.7 Å². The van der Waals surface area contributed by atoms with Crippen LogP contribution in [0.15, 0.2) is 60.7 Å². The summed E-state index contributed by atoms with van der Waals surface area (Å²) in [6.45, 7) is 0. The minimum Gasteiger partial charge on any atom is -0.274 e. The molecule has 0 saturated carbocycles. The van der Waals surface area contributed by atoms with Crippen LogP contribution >= 0.6 is 0 Å². The number of hydrogen-bond acceptors (Lipinski definition) is 6. The first kappa shape index (κ1) is 20.0. The monoisotopic (exact) mass is 412 g/mol. The van der Waals surface area contributed by atoms with E-state index in [0.29, 0.717) is 11.4 Å². The van der Waals surface area contributed by atoms with E-state index in [1.807, 2.05) is 12.1 Å². The Bertz CT molecular complexity index is 1070. The van der Waals surface area contributed by atoms with Crippen molar-refractivity contribution in [1.82, 2.24) is 0 Å². The van der Waals surface area contributed by atoms with E-state index in [0.717, 1.165) is 9.80 Å². The van der Waals surface area contributed by atoms with Crippen LogP contribution < -0.4 is 9.80 Å². The molecule has 4 rings (SSSR count). The van der Waals surface area contributed by atoms with Crippen molar-refractivity contribution in [3.63, 3.8) is 0 Å². The molecule has 0 radical (unpaired) electrons. The standard InChI is InChI=1S/C23H16N4O4/c24-13-23(14-25,17-11-19(28)26(21(17)30)15-7-3-1-4-8-15)18-12-20(29)27(22(18)31)16-9-5-2-6-10-16/h1-10,17-18H,11-12H2/t17-,18+. The van der Waals surface area contributed by atoms with Gasteiger partial charge in [-0.25, -0.2) is 0 Å². The number of nitriles is 2. The normalized spacial score (nSPS) is 21.4. The highest BCUT2D eigenvalue weighted by Gasteiger charge is 2.61. The number of carbonyl (C=O) groups is 4. The second-order valence-electron chi connectivity index (χ2n) is 7.41. The molecule has 0 spiro atoms. The van der Waals surface area contributed by atoms with Gasteiger partial charge in [0.05, 0.1) is 35.3 Å². The fraction of sp³-hybridized carbons (Fsp3) is 0.217. The van der Waals surface area contributed by atoms with Gasteiger partial charge in [0, 0.05) is 12.8 Å². The molecule has 2 aliphatic rings. The van der Waals surface area contributed by atoms with Crippen LogP contribution in [0.1, 0.15) is 12.8 Å². The average molecular weight is 412 g/mol. The summed E-state index contributed by atoms with van der Waals surface area (Å²) in [7, 11) is 0. The van der Waals surface area contributed by atoms with Gasteiger partial charge in [-0.3, -0.25) is 29.0 Å². The minimum absolute atomic E-state index is 0.324. The molecule has 2 aliphatic heterocycles. The molecule has 0 N–H and O–H groups in total. The molecule has 2 saturated heterocycles. The fourth-order valence-corrected chi connectivity index (χ4v) is 4.25. The van der Waals surface area contributed by atoms with Crippen LogP contribution in [0.25, 0.3) is 0 Å². The Hall–Kier alpha value is -4.30. The maximum Gasteiger partial charge on any atom is 0.240 e. The lowest BCUT2D eigenvalue weighted by Gasteiger charge is -2.28. The van der Waals surface area contributed by atoms with Crippen molar-refractivity contribution < 1.29 is 19.2 Å². The predicted molar refractivity (Wildman–Crippen MR) is 108 cm³/mol. The van der Waals surface area contributed by atoms with E-state index in [1.165, 1.54) is 0 Å². The summed E-state index contributed by atoms with van der Waals surface area (Å²) in [5.74, 6) is -5.28. The molecule has 4 amide bonds. The van der Waals surface area contributed by atoms with Crippen molar-refractivity contribution in [3.8, 4) is 12.1 Å². The third-order valence-electron chi connectivity index (χ3n) is 5.79. The minimum atomic E-state index is -2.15. The Kier molecular flexibility index (Phi) is 4.84. The molecule has 152 valence electrons. The molecule has 8 heteroatoms. The van der Waals surface area contributed by atoms with Crippen molar-refractivity contribution in [1.29, 1.82) is 10.5 Å². The zero-order chi connectivity index (χ0) is 22.2. The lowest BCUT2D eigenvalue weighted by Crippen LogP contribution is -2.44. The largest absolute Gasteiger partial charge is 0.274 e. The second kappa shape index (κ2) is 7.51.